The summed E-state index contributed by atoms with van der Waals surface area (Å²) in [5.74, 6) is -0.690. The molecule has 4 rings (SSSR count). The van der Waals surface area contributed by atoms with Gasteiger partial charge in [-0.1, -0.05) is 72.8 Å². The van der Waals surface area contributed by atoms with Crippen LogP contribution in [0.15, 0.2) is 97.1 Å². The Morgan fingerprint density at radius 1 is 0.794 bits per heavy atom. The van der Waals surface area contributed by atoms with Crippen molar-refractivity contribution in [3.05, 3.63) is 114 Å². The van der Waals surface area contributed by atoms with Gasteiger partial charge in [-0.3, -0.25) is 4.79 Å². The Morgan fingerprint density at radius 2 is 1.44 bits per heavy atom. The van der Waals surface area contributed by atoms with E-state index in [9.17, 15) is 14.7 Å². The first-order valence-corrected chi connectivity index (χ1v) is 11.4. The Hall–Kier alpha value is -4.12. The molecule has 5 heteroatoms. The Balaban J connectivity index is 1.36. The number of aliphatic carboxylic acids is 1. The van der Waals surface area contributed by atoms with E-state index < -0.39 is 17.9 Å². The van der Waals surface area contributed by atoms with E-state index in [1.54, 1.807) is 12.1 Å². The predicted octanol–water partition coefficient (Wildman–Crippen LogP) is 5.28. The van der Waals surface area contributed by atoms with Crippen LogP contribution in [-0.4, -0.2) is 29.6 Å². The number of carbonyl (C=O) groups is 2. The highest BCUT2D eigenvalue weighted by atomic mass is 16.5. The van der Waals surface area contributed by atoms with Gasteiger partial charge in [-0.05, 0) is 59.0 Å². The van der Waals surface area contributed by atoms with Gasteiger partial charge in [0.1, 0.15) is 11.8 Å². The normalized spacial score (nSPS) is 11.6. The summed E-state index contributed by atoms with van der Waals surface area (Å²) in [6.45, 7) is 0.624. The maximum absolute atomic E-state index is 12.8. The molecule has 0 saturated carbocycles. The highest BCUT2D eigenvalue weighted by Gasteiger charge is 2.21. The Kier molecular flexibility index (Phi) is 7.56. The van der Waals surface area contributed by atoms with Crippen LogP contribution in [0.25, 0.3) is 10.8 Å². The number of carboxylic acids is 1. The summed E-state index contributed by atoms with van der Waals surface area (Å²) >= 11 is 0. The number of hydrogen-bond donors (Lipinski definition) is 2. The molecular formula is C29H27NO4. The molecule has 1 unspecified atom stereocenters. The minimum absolute atomic E-state index is 0.223. The minimum atomic E-state index is -1.06. The maximum Gasteiger partial charge on any atom is 0.326 e. The molecule has 4 aromatic carbocycles. The van der Waals surface area contributed by atoms with Gasteiger partial charge in [0.15, 0.2) is 0 Å². The molecule has 34 heavy (non-hydrogen) atoms. The zero-order chi connectivity index (χ0) is 23.8. The molecule has 1 atom stereocenters. The molecule has 0 heterocycles. The standard InChI is InChI=1S/C29H27NO4/c31-28(30-27(29(32)33)18-22-10-5-2-6-11-22)25-14-13-24-20-26(16-15-23(24)19-25)34-17-7-12-21-8-3-1-4-9-21/h1-6,8-11,13-16,19-20,27H,7,12,17-18H2,(H,30,31)(H,32,33). The van der Waals surface area contributed by atoms with E-state index in [2.05, 4.69) is 17.4 Å². The third kappa shape index (κ3) is 6.23. The van der Waals surface area contributed by atoms with Crippen LogP contribution in [0.1, 0.15) is 27.9 Å². The molecule has 1 amide bonds. The van der Waals surface area contributed by atoms with Crippen LogP contribution in [0.5, 0.6) is 5.75 Å². The number of fused-ring (bicyclic) bond motifs is 1. The van der Waals surface area contributed by atoms with E-state index in [-0.39, 0.29) is 6.42 Å². The summed E-state index contributed by atoms with van der Waals surface area (Å²) in [4.78, 5) is 24.4. The van der Waals surface area contributed by atoms with Crippen molar-refractivity contribution in [1.29, 1.82) is 0 Å². The fourth-order valence-corrected chi connectivity index (χ4v) is 3.86. The van der Waals surface area contributed by atoms with Crippen LogP contribution in [0.3, 0.4) is 0 Å². The van der Waals surface area contributed by atoms with E-state index in [1.807, 2.05) is 72.8 Å². The molecule has 0 bridgehead atoms. The molecule has 0 aliphatic heterocycles. The first kappa shape index (κ1) is 23.1. The molecule has 5 nitrogen and oxygen atoms in total. The molecule has 0 spiro atoms. The molecule has 0 fully saturated rings. The van der Waals surface area contributed by atoms with Gasteiger partial charge in [0.2, 0.25) is 0 Å². The van der Waals surface area contributed by atoms with E-state index in [4.69, 9.17) is 4.74 Å². The molecule has 2 N–H and O–H groups in total. The van der Waals surface area contributed by atoms with Crippen LogP contribution in [-0.2, 0) is 17.6 Å². The van der Waals surface area contributed by atoms with E-state index >= 15 is 0 Å². The fraction of sp³-hybridized carbons (Fsp3) is 0.172. The summed E-state index contributed by atoms with van der Waals surface area (Å²) in [5.41, 5.74) is 2.57. The van der Waals surface area contributed by atoms with Gasteiger partial charge >= 0.3 is 5.97 Å². The van der Waals surface area contributed by atoms with Gasteiger partial charge in [0.05, 0.1) is 6.61 Å². The van der Waals surface area contributed by atoms with Crippen LogP contribution < -0.4 is 10.1 Å². The van der Waals surface area contributed by atoms with Crippen molar-refractivity contribution in [2.24, 2.45) is 0 Å². The zero-order valence-corrected chi connectivity index (χ0v) is 18.8. The van der Waals surface area contributed by atoms with Gasteiger partial charge in [-0.2, -0.15) is 0 Å². The van der Waals surface area contributed by atoms with Crippen molar-refractivity contribution in [3.8, 4) is 5.75 Å². The Morgan fingerprint density at radius 3 is 2.15 bits per heavy atom. The minimum Gasteiger partial charge on any atom is -0.494 e. The first-order chi connectivity index (χ1) is 16.6. The van der Waals surface area contributed by atoms with Gasteiger partial charge in [0, 0.05) is 12.0 Å². The molecule has 0 aromatic heterocycles. The third-order valence-electron chi connectivity index (χ3n) is 5.68. The second kappa shape index (κ2) is 11.1. The molecular weight excluding hydrogens is 426 g/mol. The second-order valence-electron chi connectivity index (χ2n) is 8.22. The van der Waals surface area contributed by atoms with E-state index in [0.717, 1.165) is 34.9 Å². The number of rotatable bonds is 10. The molecule has 0 aliphatic carbocycles. The van der Waals surface area contributed by atoms with Gasteiger partial charge < -0.3 is 15.2 Å². The lowest BCUT2D eigenvalue weighted by Gasteiger charge is -2.15. The SMILES string of the molecule is O=C(NC(Cc1ccccc1)C(=O)O)c1ccc2cc(OCCCc3ccccc3)ccc2c1. The topological polar surface area (TPSA) is 75.6 Å². The van der Waals surface area contributed by atoms with Crippen molar-refractivity contribution in [3.63, 3.8) is 0 Å². The first-order valence-electron chi connectivity index (χ1n) is 11.4. The van der Waals surface area contributed by atoms with Crippen LogP contribution >= 0.6 is 0 Å². The average molecular weight is 454 g/mol. The lowest BCUT2D eigenvalue weighted by molar-refractivity contribution is -0.139. The molecule has 172 valence electrons. The van der Waals surface area contributed by atoms with Gasteiger partial charge in [0.25, 0.3) is 5.91 Å². The van der Waals surface area contributed by atoms with Crippen LogP contribution in [0, 0.1) is 0 Å². The largest absolute Gasteiger partial charge is 0.494 e. The summed E-state index contributed by atoms with van der Waals surface area (Å²) < 4.78 is 5.90. The number of carboxylic acid groups (broad SMARTS) is 1. The zero-order valence-electron chi connectivity index (χ0n) is 18.8. The van der Waals surface area contributed by atoms with Crippen LogP contribution in [0.2, 0.25) is 0 Å². The highest BCUT2D eigenvalue weighted by Crippen LogP contribution is 2.22. The predicted molar refractivity (Wildman–Crippen MR) is 133 cm³/mol. The number of nitrogens with one attached hydrogen (secondary N) is 1. The number of benzene rings is 4. The second-order valence-corrected chi connectivity index (χ2v) is 8.22. The summed E-state index contributed by atoms with van der Waals surface area (Å²) in [6, 6.07) is 29.7. The molecule has 0 saturated heterocycles. The van der Waals surface area contributed by atoms with Gasteiger partial charge in [-0.15, -0.1) is 0 Å². The van der Waals surface area contributed by atoms with Crippen molar-refractivity contribution in [2.45, 2.75) is 25.3 Å². The van der Waals surface area contributed by atoms with Crippen molar-refractivity contribution >= 4 is 22.6 Å². The Bertz CT molecular complexity index is 1260. The molecule has 4 aromatic rings. The number of amides is 1. The molecule has 0 aliphatic rings. The summed E-state index contributed by atoms with van der Waals surface area (Å²) in [6.07, 6.45) is 2.11. The number of carbonyl (C=O) groups excluding carboxylic acids is 1. The average Bonchev–Trinajstić information content (AvgIpc) is 2.87. The fourth-order valence-electron chi connectivity index (χ4n) is 3.86. The van der Waals surface area contributed by atoms with Crippen LogP contribution in [0.4, 0.5) is 0 Å². The van der Waals surface area contributed by atoms with Crippen molar-refractivity contribution < 1.29 is 19.4 Å². The number of hydrogen-bond acceptors (Lipinski definition) is 3. The summed E-state index contributed by atoms with van der Waals surface area (Å²) in [7, 11) is 0. The number of aryl methyl sites for hydroxylation is 1. The summed E-state index contributed by atoms with van der Waals surface area (Å²) in [5, 5.41) is 14.0. The smallest absolute Gasteiger partial charge is 0.326 e. The number of ether oxygens (including phenoxy) is 1. The quantitative estimate of drug-likeness (QED) is 0.321. The lowest BCUT2D eigenvalue weighted by Crippen LogP contribution is -2.42. The third-order valence-corrected chi connectivity index (χ3v) is 5.68. The lowest BCUT2D eigenvalue weighted by atomic mass is 10.0. The highest BCUT2D eigenvalue weighted by molar-refractivity contribution is 6.00. The monoisotopic (exact) mass is 453 g/mol. The van der Waals surface area contributed by atoms with Gasteiger partial charge in [-0.25, -0.2) is 4.79 Å². The van der Waals surface area contributed by atoms with Crippen molar-refractivity contribution in [2.75, 3.05) is 6.61 Å². The maximum atomic E-state index is 12.8. The van der Waals surface area contributed by atoms with E-state index in [0.29, 0.717) is 12.2 Å². The van der Waals surface area contributed by atoms with Crippen molar-refractivity contribution in [1.82, 2.24) is 5.32 Å². The Labute approximate surface area is 199 Å². The van der Waals surface area contributed by atoms with E-state index in [1.165, 1.54) is 5.56 Å². The molecule has 0 radical (unpaired) electrons.